The summed E-state index contributed by atoms with van der Waals surface area (Å²) < 4.78 is 0. The summed E-state index contributed by atoms with van der Waals surface area (Å²) in [5, 5.41) is 3.37. The lowest BCUT2D eigenvalue weighted by Crippen LogP contribution is -2.16. The van der Waals surface area contributed by atoms with Gasteiger partial charge in [-0.1, -0.05) is 24.6 Å². The molecule has 1 heterocycles. The molecule has 0 amide bonds. The van der Waals surface area contributed by atoms with Crippen LogP contribution in [0.3, 0.4) is 0 Å². The lowest BCUT2D eigenvalue weighted by molar-refractivity contribution is 0.478. The summed E-state index contributed by atoms with van der Waals surface area (Å²) in [6.07, 6.45) is 18.1. The Balaban J connectivity index is 2.53. The third kappa shape index (κ3) is 5.55. The van der Waals surface area contributed by atoms with Gasteiger partial charge in [0.1, 0.15) is 0 Å². The summed E-state index contributed by atoms with van der Waals surface area (Å²) in [6, 6.07) is 0. The third-order valence-corrected chi connectivity index (χ3v) is 3.01. The largest absolute Gasteiger partial charge is 0.365 e. The molecule has 0 aliphatic carbocycles. The first-order valence-electron chi connectivity index (χ1n) is 6.49. The van der Waals surface area contributed by atoms with Gasteiger partial charge in [0.25, 0.3) is 0 Å². The molecule has 0 saturated heterocycles. The minimum Gasteiger partial charge on any atom is -0.365 e. The number of rotatable bonds is 8. The highest BCUT2D eigenvalue weighted by atomic mass is 14.9. The predicted octanol–water partition coefficient (Wildman–Crippen LogP) is 3.25. The van der Waals surface area contributed by atoms with Crippen LogP contribution in [0.15, 0.2) is 48.9 Å². The Bertz CT molecular complexity index is 300. The zero-order chi connectivity index (χ0) is 12.3. The maximum Gasteiger partial charge on any atom is 0.0178 e. The second-order valence-corrected chi connectivity index (χ2v) is 4.36. The van der Waals surface area contributed by atoms with Gasteiger partial charge in [-0.25, -0.2) is 0 Å². The van der Waals surface area contributed by atoms with Crippen molar-refractivity contribution < 1.29 is 0 Å². The van der Waals surface area contributed by atoms with Crippen molar-refractivity contribution in [2.24, 2.45) is 11.7 Å². The molecular formula is C15H24N2. The summed E-state index contributed by atoms with van der Waals surface area (Å²) in [4.78, 5) is 0. The van der Waals surface area contributed by atoms with E-state index in [2.05, 4.69) is 24.0 Å². The summed E-state index contributed by atoms with van der Waals surface area (Å²) in [5.41, 5.74) is 6.86. The maximum absolute atomic E-state index is 5.55. The van der Waals surface area contributed by atoms with Crippen LogP contribution >= 0.6 is 0 Å². The Morgan fingerprint density at radius 1 is 1.24 bits per heavy atom. The lowest BCUT2D eigenvalue weighted by atomic mass is 9.93. The van der Waals surface area contributed by atoms with Crippen LogP contribution in [0.4, 0.5) is 0 Å². The van der Waals surface area contributed by atoms with Crippen LogP contribution in [0.2, 0.25) is 0 Å². The van der Waals surface area contributed by atoms with Crippen molar-refractivity contribution in [1.82, 2.24) is 5.32 Å². The Morgan fingerprint density at radius 2 is 2.12 bits per heavy atom. The average molecular weight is 232 g/mol. The molecule has 94 valence electrons. The Labute approximate surface area is 105 Å². The molecule has 2 nitrogen and oxygen atoms in total. The minimum absolute atomic E-state index is 0.590. The first kappa shape index (κ1) is 13.8. The summed E-state index contributed by atoms with van der Waals surface area (Å²) >= 11 is 0. The van der Waals surface area contributed by atoms with Gasteiger partial charge in [-0.2, -0.15) is 0 Å². The van der Waals surface area contributed by atoms with Crippen LogP contribution in [-0.4, -0.2) is 6.54 Å². The Kier molecular flexibility index (Phi) is 7.15. The Hall–Kier alpha value is -1.28. The van der Waals surface area contributed by atoms with E-state index < -0.39 is 0 Å². The SMILES string of the molecule is C=CCCC(CCCCN)C1=CC=CC=CN1. The number of nitrogens with two attached hydrogens (primary N) is 1. The highest BCUT2D eigenvalue weighted by Crippen LogP contribution is 2.22. The number of nitrogens with one attached hydrogen (secondary N) is 1. The number of hydrogen-bond acceptors (Lipinski definition) is 2. The van der Waals surface area contributed by atoms with Crippen molar-refractivity contribution in [3.8, 4) is 0 Å². The molecule has 1 unspecified atom stereocenters. The topological polar surface area (TPSA) is 38.0 Å². The minimum atomic E-state index is 0.590. The van der Waals surface area contributed by atoms with Crippen LogP contribution in [-0.2, 0) is 0 Å². The molecule has 0 bridgehead atoms. The van der Waals surface area contributed by atoms with E-state index in [1.165, 1.54) is 18.5 Å². The number of unbranched alkanes of at least 4 members (excludes halogenated alkanes) is 1. The highest BCUT2D eigenvalue weighted by Gasteiger charge is 2.12. The normalized spacial score (nSPS) is 15.9. The maximum atomic E-state index is 5.55. The van der Waals surface area contributed by atoms with Crippen molar-refractivity contribution in [2.75, 3.05) is 6.54 Å². The molecule has 1 aliphatic heterocycles. The molecule has 1 aliphatic rings. The predicted molar refractivity (Wildman–Crippen MR) is 75.3 cm³/mol. The van der Waals surface area contributed by atoms with E-state index in [0.717, 1.165) is 25.8 Å². The molecular weight excluding hydrogens is 208 g/mol. The molecule has 2 heteroatoms. The van der Waals surface area contributed by atoms with E-state index in [4.69, 9.17) is 5.73 Å². The van der Waals surface area contributed by atoms with Crippen LogP contribution < -0.4 is 11.1 Å². The van der Waals surface area contributed by atoms with Gasteiger partial charge in [-0.15, -0.1) is 6.58 Å². The fraction of sp³-hybridized carbons (Fsp3) is 0.467. The van der Waals surface area contributed by atoms with Crippen LogP contribution in [0.5, 0.6) is 0 Å². The van der Waals surface area contributed by atoms with Gasteiger partial charge in [0.2, 0.25) is 0 Å². The van der Waals surface area contributed by atoms with Crippen molar-refractivity contribution in [3.63, 3.8) is 0 Å². The molecule has 1 atom stereocenters. The molecule has 1 rings (SSSR count). The van der Waals surface area contributed by atoms with Crippen molar-refractivity contribution in [2.45, 2.75) is 32.1 Å². The first-order valence-corrected chi connectivity index (χ1v) is 6.49. The number of hydrogen-bond donors (Lipinski definition) is 2. The van der Waals surface area contributed by atoms with E-state index in [1.807, 2.05) is 24.4 Å². The van der Waals surface area contributed by atoms with Gasteiger partial charge in [-0.05, 0) is 50.3 Å². The van der Waals surface area contributed by atoms with Crippen LogP contribution in [0.1, 0.15) is 32.1 Å². The molecule has 17 heavy (non-hydrogen) atoms. The molecule has 0 aromatic carbocycles. The zero-order valence-electron chi connectivity index (χ0n) is 10.6. The van der Waals surface area contributed by atoms with E-state index in [-0.39, 0.29) is 0 Å². The fourth-order valence-corrected chi connectivity index (χ4v) is 2.03. The monoisotopic (exact) mass is 232 g/mol. The van der Waals surface area contributed by atoms with Crippen molar-refractivity contribution in [3.05, 3.63) is 48.9 Å². The quantitative estimate of drug-likeness (QED) is 0.498. The summed E-state index contributed by atoms with van der Waals surface area (Å²) in [7, 11) is 0. The van der Waals surface area contributed by atoms with E-state index in [0.29, 0.717) is 5.92 Å². The molecule has 0 fully saturated rings. The smallest absolute Gasteiger partial charge is 0.0178 e. The van der Waals surface area contributed by atoms with Crippen LogP contribution in [0, 0.1) is 5.92 Å². The molecule has 0 spiro atoms. The summed E-state index contributed by atoms with van der Waals surface area (Å²) in [5.74, 6) is 0.590. The van der Waals surface area contributed by atoms with Crippen molar-refractivity contribution in [1.29, 1.82) is 0 Å². The number of allylic oxidation sites excluding steroid dienone is 6. The first-order chi connectivity index (χ1) is 8.38. The molecule has 0 radical (unpaired) electrons. The molecule has 0 saturated carbocycles. The average Bonchev–Trinajstić information content (AvgIpc) is 2.62. The molecule has 3 N–H and O–H groups in total. The van der Waals surface area contributed by atoms with E-state index in [1.54, 1.807) is 0 Å². The van der Waals surface area contributed by atoms with Gasteiger partial charge in [-0.3, -0.25) is 0 Å². The van der Waals surface area contributed by atoms with Crippen molar-refractivity contribution >= 4 is 0 Å². The van der Waals surface area contributed by atoms with Gasteiger partial charge < -0.3 is 11.1 Å². The zero-order valence-corrected chi connectivity index (χ0v) is 10.6. The second-order valence-electron chi connectivity index (χ2n) is 4.36. The standard InChI is InChI=1S/C15H24N2/c1-2-3-9-14(10-6-7-12-16)15-11-5-4-8-13-17-15/h2,4-5,8,11,13-14,17H,1,3,6-7,9-10,12,16H2. The third-order valence-electron chi connectivity index (χ3n) is 3.01. The molecule has 0 aromatic rings. The Morgan fingerprint density at radius 3 is 2.88 bits per heavy atom. The fourth-order valence-electron chi connectivity index (χ4n) is 2.03. The van der Waals surface area contributed by atoms with E-state index >= 15 is 0 Å². The van der Waals surface area contributed by atoms with Gasteiger partial charge in [0, 0.05) is 11.9 Å². The molecule has 0 aromatic heterocycles. The van der Waals surface area contributed by atoms with Crippen LogP contribution in [0.25, 0.3) is 0 Å². The van der Waals surface area contributed by atoms with E-state index in [9.17, 15) is 0 Å². The van der Waals surface area contributed by atoms with Gasteiger partial charge in [0.05, 0.1) is 0 Å². The second kappa shape index (κ2) is 8.82. The lowest BCUT2D eigenvalue weighted by Gasteiger charge is -2.19. The summed E-state index contributed by atoms with van der Waals surface area (Å²) in [6.45, 7) is 4.60. The van der Waals surface area contributed by atoms with Gasteiger partial charge >= 0.3 is 0 Å². The van der Waals surface area contributed by atoms with Gasteiger partial charge in [0.15, 0.2) is 0 Å². The highest BCUT2D eigenvalue weighted by molar-refractivity contribution is 5.22.